The van der Waals surface area contributed by atoms with Crippen molar-refractivity contribution in [3.63, 3.8) is 0 Å². The zero-order valence-corrected chi connectivity index (χ0v) is 18.9. The molecule has 5 rings (SSSR count). The molecule has 10 heteroatoms. The van der Waals surface area contributed by atoms with Crippen molar-refractivity contribution in [2.75, 3.05) is 10.6 Å². The van der Waals surface area contributed by atoms with Crippen LogP contribution in [0.2, 0.25) is 0 Å². The van der Waals surface area contributed by atoms with E-state index in [-0.39, 0.29) is 22.3 Å². The van der Waals surface area contributed by atoms with Crippen molar-refractivity contribution in [1.82, 2.24) is 14.8 Å². The van der Waals surface area contributed by atoms with Crippen LogP contribution in [-0.4, -0.2) is 26.6 Å². The quantitative estimate of drug-likeness (QED) is 0.423. The number of aromatic nitrogens is 3. The van der Waals surface area contributed by atoms with Gasteiger partial charge in [-0.25, -0.2) is 18.4 Å². The van der Waals surface area contributed by atoms with Gasteiger partial charge < -0.3 is 5.32 Å². The number of amides is 2. The topological polar surface area (TPSA) is 88.9 Å². The second-order valence-electron chi connectivity index (χ2n) is 7.86. The number of nitrogens with zero attached hydrogens (tertiary/aromatic N) is 3. The SMILES string of the molecule is CC(=O)Nc1ccc(-c2csc(NC(=O)c3nn(-c4ccccc4F)c4c3CCC4)n2)c(F)c1. The van der Waals surface area contributed by atoms with Gasteiger partial charge in [0.2, 0.25) is 5.91 Å². The Morgan fingerprint density at radius 3 is 2.65 bits per heavy atom. The van der Waals surface area contributed by atoms with E-state index in [4.69, 9.17) is 0 Å². The van der Waals surface area contributed by atoms with Crippen LogP contribution in [0.1, 0.15) is 35.1 Å². The Morgan fingerprint density at radius 1 is 1.06 bits per heavy atom. The predicted molar refractivity (Wildman–Crippen MR) is 125 cm³/mol. The normalized spacial score (nSPS) is 12.4. The Kier molecular flexibility index (Phi) is 5.66. The summed E-state index contributed by atoms with van der Waals surface area (Å²) >= 11 is 1.16. The first kappa shape index (κ1) is 21.9. The van der Waals surface area contributed by atoms with Crippen LogP contribution < -0.4 is 10.6 Å². The third-order valence-electron chi connectivity index (χ3n) is 5.52. The van der Waals surface area contributed by atoms with E-state index in [0.29, 0.717) is 29.9 Å². The first-order chi connectivity index (χ1) is 16.4. The lowest BCUT2D eigenvalue weighted by atomic mass is 10.1. The number of anilines is 2. The maximum atomic E-state index is 14.6. The molecule has 172 valence electrons. The zero-order valence-electron chi connectivity index (χ0n) is 18.1. The van der Waals surface area contributed by atoms with E-state index in [1.54, 1.807) is 29.6 Å². The highest BCUT2D eigenvalue weighted by Crippen LogP contribution is 2.31. The fourth-order valence-corrected chi connectivity index (χ4v) is 4.76. The average molecular weight is 480 g/mol. The van der Waals surface area contributed by atoms with Crippen LogP contribution in [0.5, 0.6) is 0 Å². The van der Waals surface area contributed by atoms with E-state index >= 15 is 0 Å². The van der Waals surface area contributed by atoms with Gasteiger partial charge in [0.1, 0.15) is 17.3 Å². The van der Waals surface area contributed by atoms with Crippen molar-refractivity contribution in [1.29, 1.82) is 0 Å². The molecule has 4 aromatic rings. The van der Waals surface area contributed by atoms with E-state index in [1.165, 1.54) is 29.8 Å². The molecule has 2 aromatic heterocycles. The van der Waals surface area contributed by atoms with E-state index < -0.39 is 17.5 Å². The number of hydrogen-bond acceptors (Lipinski definition) is 5. The molecule has 2 aromatic carbocycles. The van der Waals surface area contributed by atoms with Crippen LogP contribution in [0.3, 0.4) is 0 Å². The minimum atomic E-state index is -0.545. The molecule has 7 nitrogen and oxygen atoms in total. The lowest BCUT2D eigenvalue weighted by Crippen LogP contribution is -2.15. The molecule has 0 unspecified atom stereocenters. The van der Waals surface area contributed by atoms with Crippen LogP contribution in [0.4, 0.5) is 19.6 Å². The summed E-state index contributed by atoms with van der Waals surface area (Å²) in [6.45, 7) is 1.34. The number of nitrogens with one attached hydrogen (secondary N) is 2. The molecule has 2 N–H and O–H groups in total. The van der Waals surface area contributed by atoms with Crippen LogP contribution in [-0.2, 0) is 17.6 Å². The molecule has 0 bridgehead atoms. The summed E-state index contributed by atoms with van der Waals surface area (Å²) in [5.74, 6) is -1.70. The number of fused-ring (bicyclic) bond motifs is 1. The molecule has 1 aliphatic rings. The monoisotopic (exact) mass is 479 g/mol. The summed E-state index contributed by atoms with van der Waals surface area (Å²) in [4.78, 5) is 28.5. The fraction of sp³-hybridized carbons (Fsp3) is 0.167. The maximum Gasteiger partial charge on any atom is 0.278 e. The summed E-state index contributed by atoms with van der Waals surface area (Å²) < 4.78 is 30.4. The molecule has 0 fully saturated rings. The summed E-state index contributed by atoms with van der Waals surface area (Å²) in [6, 6.07) is 10.6. The van der Waals surface area contributed by atoms with Crippen molar-refractivity contribution < 1.29 is 18.4 Å². The molecule has 0 radical (unpaired) electrons. The van der Waals surface area contributed by atoms with Gasteiger partial charge in [0.05, 0.1) is 5.69 Å². The Bertz CT molecular complexity index is 1430. The molecular formula is C24H19F2N5O2S. The predicted octanol–water partition coefficient (Wildman–Crippen LogP) is 4.97. The van der Waals surface area contributed by atoms with Gasteiger partial charge in [-0.05, 0) is 49.6 Å². The van der Waals surface area contributed by atoms with Crippen LogP contribution >= 0.6 is 11.3 Å². The van der Waals surface area contributed by atoms with Gasteiger partial charge in [0, 0.05) is 34.8 Å². The first-order valence-electron chi connectivity index (χ1n) is 10.6. The Morgan fingerprint density at radius 2 is 1.88 bits per heavy atom. The minimum Gasteiger partial charge on any atom is -0.326 e. The number of para-hydroxylation sites is 1. The molecule has 0 atom stereocenters. The van der Waals surface area contributed by atoms with E-state index in [0.717, 1.165) is 29.0 Å². The Hall–Kier alpha value is -3.92. The number of benzene rings is 2. The van der Waals surface area contributed by atoms with E-state index in [2.05, 4.69) is 20.7 Å². The standard InChI is InChI=1S/C24H19F2N5O2S/c1-13(32)27-14-9-10-15(18(26)11-14)19-12-34-24(28-19)29-23(33)22-16-5-4-8-20(16)31(30-22)21-7-3-2-6-17(21)25/h2-3,6-7,9-12H,4-5,8H2,1H3,(H,27,32)(H,28,29,33). The van der Waals surface area contributed by atoms with Crippen molar-refractivity contribution in [2.45, 2.75) is 26.2 Å². The smallest absolute Gasteiger partial charge is 0.278 e. The maximum absolute atomic E-state index is 14.6. The van der Waals surface area contributed by atoms with Gasteiger partial charge in [-0.3, -0.25) is 14.9 Å². The Labute approximate surface area is 197 Å². The second-order valence-corrected chi connectivity index (χ2v) is 8.72. The molecule has 2 heterocycles. The lowest BCUT2D eigenvalue weighted by molar-refractivity contribution is -0.114. The molecule has 0 saturated carbocycles. The van der Waals surface area contributed by atoms with Gasteiger partial charge in [-0.15, -0.1) is 11.3 Å². The average Bonchev–Trinajstić information content (AvgIpc) is 3.51. The van der Waals surface area contributed by atoms with Crippen molar-refractivity contribution >= 4 is 34.0 Å². The number of carbonyl (C=O) groups excluding carboxylic acids is 2. The largest absolute Gasteiger partial charge is 0.326 e. The summed E-state index contributed by atoms with van der Waals surface area (Å²) in [6.07, 6.45) is 2.25. The molecular weight excluding hydrogens is 460 g/mol. The van der Waals surface area contributed by atoms with Gasteiger partial charge in [-0.2, -0.15) is 5.10 Å². The highest BCUT2D eigenvalue weighted by atomic mass is 32.1. The van der Waals surface area contributed by atoms with Crippen LogP contribution in [0.25, 0.3) is 16.9 Å². The summed E-state index contributed by atoms with van der Waals surface area (Å²) in [5, 5.41) is 11.6. The first-order valence-corrected chi connectivity index (χ1v) is 11.5. The zero-order chi connectivity index (χ0) is 23.8. The van der Waals surface area contributed by atoms with Crippen LogP contribution in [0.15, 0.2) is 47.8 Å². The third-order valence-corrected chi connectivity index (χ3v) is 6.27. The van der Waals surface area contributed by atoms with Crippen molar-refractivity contribution in [2.24, 2.45) is 0 Å². The Balaban J connectivity index is 1.39. The highest BCUT2D eigenvalue weighted by Gasteiger charge is 2.28. The fourth-order valence-electron chi connectivity index (χ4n) is 4.06. The highest BCUT2D eigenvalue weighted by molar-refractivity contribution is 7.14. The van der Waals surface area contributed by atoms with Gasteiger partial charge in [0.25, 0.3) is 5.91 Å². The lowest BCUT2D eigenvalue weighted by Gasteiger charge is -2.06. The molecule has 34 heavy (non-hydrogen) atoms. The molecule has 0 saturated heterocycles. The number of carbonyl (C=O) groups is 2. The molecule has 0 aliphatic heterocycles. The molecule has 2 amide bonds. The van der Waals surface area contributed by atoms with Crippen molar-refractivity contribution in [3.8, 4) is 16.9 Å². The van der Waals surface area contributed by atoms with Gasteiger partial charge in [0.15, 0.2) is 10.8 Å². The number of halogens is 2. The molecule has 1 aliphatic carbocycles. The number of rotatable bonds is 5. The summed E-state index contributed by atoms with van der Waals surface area (Å²) in [7, 11) is 0. The van der Waals surface area contributed by atoms with Gasteiger partial charge >= 0.3 is 0 Å². The second kappa shape index (κ2) is 8.79. The summed E-state index contributed by atoms with van der Waals surface area (Å²) in [5.41, 5.74) is 3.11. The van der Waals surface area contributed by atoms with E-state index in [9.17, 15) is 18.4 Å². The van der Waals surface area contributed by atoms with Crippen molar-refractivity contribution in [3.05, 3.63) is 76.4 Å². The molecule has 0 spiro atoms. The van der Waals surface area contributed by atoms with Crippen LogP contribution in [0, 0.1) is 11.6 Å². The minimum absolute atomic E-state index is 0.235. The van der Waals surface area contributed by atoms with E-state index in [1.807, 2.05) is 0 Å². The third kappa shape index (κ3) is 4.08. The van der Waals surface area contributed by atoms with Gasteiger partial charge in [-0.1, -0.05) is 12.1 Å². The number of thiazole rings is 1. The number of hydrogen-bond donors (Lipinski definition) is 2.